The van der Waals surface area contributed by atoms with Crippen LogP contribution in [0.5, 0.6) is 0 Å². The van der Waals surface area contributed by atoms with E-state index >= 15 is 0 Å². The van der Waals surface area contributed by atoms with E-state index in [1.165, 1.54) is 0 Å². The van der Waals surface area contributed by atoms with Crippen LogP contribution in [-0.2, 0) is 9.05 Å². The summed E-state index contributed by atoms with van der Waals surface area (Å²) >= 11 is 0. The quantitative estimate of drug-likeness (QED) is 0.686. The molecule has 0 spiro atoms. The Balaban J connectivity index is 2.05. The summed E-state index contributed by atoms with van der Waals surface area (Å²) in [4.78, 5) is 0. The molecule has 0 amide bonds. The Bertz CT molecular complexity index is 118. The van der Waals surface area contributed by atoms with Gasteiger partial charge in [-0.25, -0.2) is 0 Å². The SMILES string of the molecule is CNC(C)CCP1OCCCO1. The minimum atomic E-state index is -0.550. The highest BCUT2D eigenvalue weighted by Gasteiger charge is 2.15. The van der Waals surface area contributed by atoms with Gasteiger partial charge in [0.15, 0.2) is 8.38 Å². The molecule has 1 aliphatic rings. The van der Waals surface area contributed by atoms with E-state index in [4.69, 9.17) is 9.05 Å². The highest BCUT2D eigenvalue weighted by Crippen LogP contribution is 2.41. The van der Waals surface area contributed by atoms with Gasteiger partial charge in [0.25, 0.3) is 0 Å². The third-order valence-electron chi connectivity index (χ3n) is 2.00. The van der Waals surface area contributed by atoms with Crippen LogP contribution >= 0.6 is 8.38 Å². The smallest absolute Gasteiger partial charge is 0.170 e. The second-order valence-corrected chi connectivity index (χ2v) is 4.68. The molecule has 0 aromatic rings. The Hall–Kier alpha value is 0.310. The van der Waals surface area contributed by atoms with Gasteiger partial charge in [-0.15, -0.1) is 0 Å². The Morgan fingerprint density at radius 3 is 2.67 bits per heavy atom. The summed E-state index contributed by atoms with van der Waals surface area (Å²) in [6.45, 7) is 3.96. The van der Waals surface area contributed by atoms with Crippen LogP contribution in [0.4, 0.5) is 0 Å². The summed E-state index contributed by atoms with van der Waals surface area (Å²) in [7, 11) is 1.44. The van der Waals surface area contributed by atoms with Gasteiger partial charge in [-0.2, -0.15) is 0 Å². The van der Waals surface area contributed by atoms with E-state index in [9.17, 15) is 0 Å². The first-order chi connectivity index (χ1) is 5.83. The van der Waals surface area contributed by atoms with Crippen LogP contribution in [0.15, 0.2) is 0 Å². The standard InChI is InChI=1S/C8H18NO2P/c1-8(9-2)4-7-12-10-5-3-6-11-12/h8-9H,3-7H2,1-2H3. The molecule has 0 aliphatic carbocycles. The molecule has 1 rings (SSSR count). The Kier molecular flexibility index (Phi) is 5.08. The van der Waals surface area contributed by atoms with Crippen molar-refractivity contribution >= 4 is 8.38 Å². The van der Waals surface area contributed by atoms with E-state index in [0.717, 1.165) is 32.2 Å². The number of hydrogen-bond acceptors (Lipinski definition) is 3. The van der Waals surface area contributed by atoms with Crippen LogP contribution in [0.2, 0.25) is 0 Å². The molecule has 0 bridgehead atoms. The van der Waals surface area contributed by atoms with E-state index in [1.54, 1.807) is 0 Å². The summed E-state index contributed by atoms with van der Waals surface area (Å²) in [5.74, 6) is 0. The van der Waals surface area contributed by atoms with Crippen molar-refractivity contribution in [2.75, 3.05) is 26.4 Å². The molecule has 72 valence electrons. The maximum absolute atomic E-state index is 5.49. The van der Waals surface area contributed by atoms with Crippen molar-refractivity contribution < 1.29 is 9.05 Å². The van der Waals surface area contributed by atoms with E-state index in [1.807, 2.05) is 7.05 Å². The predicted octanol–water partition coefficient (Wildman–Crippen LogP) is 1.73. The lowest BCUT2D eigenvalue weighted by Crippen LogP contribution is -2.22. The van der Waals surface area contributed by atoms with Crippen LogP contribution in [-0.4, -0.2) is 32.5 Å². The zero-order valence-corrected chi connectivity index (χ0v) is 8.77. The van der Waals surface area contributed by atoms with Crippen molar-refractivity contribution in [2.24, 2.45) is 0 Å². The lowest BCUT2D eigenvalue weighted by molar-refractivity contribution is 0.181. The van der Waals surface area contributed by atoms with Gasteiger partial charge in [0.2, 0.25) is 0 Å². The molecular formula is C8H18NO2P. The van der Waals surface area contributed by atoms with Crippen molar-refractivity contribution in [3.8, 4) is 0 Å². The maximum atomic E-state index is 5.49. The number of rotatable bonds is 4. The molecule has 1 unspecified atom stereocenters. The third kappa shape index (κ3) is 3.81. The Morgan fingerprint density at radius 1 is 1.42 bits per heavy atom. The fourth-order valence-corrected chi connectivity index (χ4v) is 2.60. The average molecular weight is 191 g/mol. The van der Waals surface area contributed by atoms with E-state index in [-0.39, 0.29) is 0 Å². The van der Waals surface area contributed by atoms with Gasteiger partial charge in [-0.3, -0.25) is 0 Å². The highest BCUT2D eigenvalue weighted by molar-refractivity contribution is 7.47. The number of nitrogens with one attached hydrogen (secondary N) is 1. The molecule has 3 nitrogen and oxygen atoms in total. The largest absolute Gasteiger partial charge is 0.334 e. The molecule has 1 aliphatic heterocycles. The van der Waals surface area contributed by atoms with E-state index in [0.29, 0.717) is 6.04 Å². The van der Waals surface area contributed by atoms with Gasteiger partial charge >= 0.3 is 0 Å². The van der Waals surface area contributed by atoms with Crippen molar-refractivity contribution in [3.63, 3.8) is 0 Å². The molecule has 0 radical (unpaired) electrons. The zero-order valence-electron chi connectivity index (χ0n) is 7.88. The second-order valence-electron chi connectivity index (χ2n) is 3.05. The second kappa shape index (κ2) is 5.87. The first-order valence-corrected chi connectivity index (χ1v) is 5.90. The molecule has 0 aromatic heterocycles. The Labute approximate surface area is 75.7 Å². The summed E-state index contributed by atoms with van der Waals surface area (Å²) in [6, 6.07) is 0.571. The van der Waals surface area contributed by atoms with Crippen LogP contribution in [0.25, 0.3) is 0 Å². The summed E-state index contributed by atoms with van der Waals surface area (Å²) in [5, 5.41) is 3.20. The maximum Gasteiger partial charge on any atom is 0.170 e. The van der Waals surface area contributed by atoms with Gasteiger partial charge in [0, 0.05) is 12.2 Å². The topological polar surface area (TPSA) is 30.5 Å². The van der Waals surface area contributed by atoms with Crippen LogP contribution in [0.1, 0.15) is 19.8 Å². The average Bonchev–Trinajstić information content (AvgIpc) is 2.16. The first kappa shape index (κ1) is 10.4. The summed E-state index contributed by atoms with van der Waals surface area (Å²) in [5.41, 5.74) is 0. The van der Waals surface area contributed by atoms with E-state index < -0.39 is 8.38 Å². The van der Waals surface area contributed by atoms with Gasteiger partial charge in [0.05, 0.1) is 13.2 Å². The summed E-state index contributed by atoms with van der Waals surface area (Å²) < 4.78 is 11.0. The zero-order chi connectivity index (χ0) is 8.81. The van der Waals surface area contributed by atoms with Crippen molar-refractivity contribution in [3.05, 3.63) is 0 Å². The van der Waals surface area contributed by atoms with Gasteiger partial charge in [-0.1, -0.05) is 0 Å². The molecule has 1 atom stereocenters. The van der Waals surface area contributed by atoms with Crippen molar-refractivity contribution in [1.29, 1.82) is 0 Å². The first-order valence-electron chi connectivity index (χ1n) is 4.53. The highest BCUT2D eigenvalue weighted by atomic mass is 31.2. The minimum Gasteiger partial charge on any atom is -0.334 e. The molecular weight excluding hydrogens is 173 g/mol. The lowest BCUT2D eigenvalue weighted by atomic mass is 10.3. The molecule has 12 heavy (non-hydrogen) atoms. The lowest BCUT2D eigenvalue weighted by Gasteiger charge is -2.23. The van der Waals surface area contributed by atoms with Gasteiger partial charge in [-0.05, 0) is 26.8 Å². The van der Waals surface area contributed by atoms with Crippen molar-refractivity contribution in [2.45, 2.75) is 25.8 Å². The number of hydrogen-bond donors (Lipinski definition) is 1. The third-order valence-corrected chi connectivity index (χ3v) is 3.56. The predicted molar refractivity (Wildman–Crippen MR) is 51.4 cm³/mol. The van der Waals surface area contributed by atoms with Crippen molar-refractivity contribution in [1.82, 2.24) is 5.32 Å². The monoisotopic (exact) mass is 191 g/mol. The molecule has 1 heterocycles. The molecule has 0 aromatic carbocycles. The van der Waals surface area contributed by atoms with Crippen LogP contribution < -0.4 is 5.32 Å². The van der Waals surface area contributed by atoms with E-state index in [2.05, 4.69) is 12.2 Å². The molecule has 1 N–H and O–H groups in total. The van der Waals surface area contributed by atoms with Crippen LogP contribution in [0.3, 0.4) is 0 Å². The normalized spacial score (nSPS) is 22.5. The molecule has 1 fully saturated rings. The molecule has 0 saturated carbocycles. The minimum absolute atomic E-state index is 0.550. The Morgan fingerprint density at radius 2 is 2.08 bits per heavy atom. The molecule has 1 saturated heterocycles. The van der Waals surface area contributed by atoms with Gasteiger partial charge in [0.1, 0.15) is 0 Å². The molecule has 4 heteroatoms. The van der Waals surface area contributed by atoms with Gasteiger partial charge < -0.3 is 14.4 Å². The van der Waals surface area contributed by atoms with Crippen LogP contribution in [0, 0.1) is 0 Å². The fraction of sp³-hybridized carbons (Fsp3) is 1.00. The summed E-state index contributed by atoms with van der Waals surface area (Å²) in [6.07, 6.45) is 3.26. The fourth-order valence-electron chi connectivity index (χ4n) is 1.00.